The number of rotatable bonds is 5. The van der Waals surface area contributed by atoms with Crippen LogP contribution < -0.4 is 15.1 Å². The topological polar surface area (TPSA) is 80.1 Å². The molecule has 2 aromatic rings. The van der Waals surface area contributed by atoms with E-state index >= 15 is 0 Å². The molecule has 0 atom stereocenters. The van der Waals surface area contributed by atoms with E-state index in [4.69, 9.17) is 16.3 Å². The van der Waals surface area contributed by atoms with Gasteiger partial charge < -0.3 is 24.8 Å². The fraction of sp³-hybridized carbons (Fsp3) is 0.444. The van der Waals surface area contributed by atoms with Crippen molar-refractivity contribution in [3.8, 4) is 0 Å². The average molecular weight is 381 g/mol. The third kappa shape index (κ3) is 4.00. The van der Waals surface area contributed by atoms with Crippen LogP contribution in [0.2, 0.25) is 5.02 Å². The smallest absolute Gasteiger partial charge is 0.356 e. The molecule has 0 aliphatic carbocycles. The summed E-state index contributed by atoms with van der Waals surface area (Å²) in [6, 6.07) is 5.23. The third-order valence-electron chi connectivity index (χ3n) is 4.99. The molecule has 1 aliphatic heterocycles. The maximum Gasteiger partial charge on any atom is 0.356 e. The molecular weight excluding hydrogens is 356 g/mol. The highest BCUT2D eigenvalue weighted by Crippen LogP contribution is 2.30. The van der Waals surface area contributed by atoms with Crippen molar-refractivity contribution in [2.24, 2.45) is 0 Å². The minimum Gasteiger partial charge on any atom is -0.464 e. The van der Waals surface area contributed by atoms with Gasteiger partial charge in [0.1, 0.15) is 31.9 Å². The molecule has 1 aliphatic rings. The van der Waals surface area contributed by atoms with E-state index < -0.39 is 5.97 Å². The number of amides is 1. The summed E-state index contributed by atoms with van der Waals surface area (Å²) in [4.78, 5) is 30.5. The maximum atomic E-state index is 12.6. The molecule has 8 heteroatoms. The predicted molar refractivity (Wildman–Crippen MR) is 100 cm³/mol. The van der Waals surface area contributed by atoms with Gasteiger partial charge in [-0.3, -0.25) is 4.79 Å². The number of nitrogens with one attached hydrogen (secondary N) is 4. The van der Waals surface area contributed by atoms with Crippen molar-refractivity contribution in [3.63, 3.8) is 0 Å². The molecule has 1 fully saturated rings. The van der Waals surface area contributed by atoms with Gasteiger partial charge in [0.2, 0.25) is 0 Å². The number of fused-ring (bicyclic) bond motifs is 1. The van der Waals surface area contributed by atoms with Crippen LogP contribution in [0, 0.1) is 0 Å². The van der Waals surface area contributed by atoms with E-state index in [-0.39, 0.29) is 11.6 Å². The highest BCUT2D eigenvalue weighted by Gasteiger charge is 2.26. The van der Waals surface area contributed by atoms with Gasteiger partial charge in [0.25, 0.3) is 5.91 Å². The van der Waals surface area contributed by atoms with Crippen LogP contribution in [-0.2, 0) is 9.53 Å². The van der Waals surface area contributed by atoms with Crippen molar-refractivity contribution in [3.05, 3.63) is 28.9 Å². The first-order chi connectivity index (χ1) is 12.5. The van der Waals surface area contributed by atoms with Crippen molar-refractivity contribution in [1.29, 1.82) is 0 Å². The second kappa shape index (κ2) is 8.07. The lowest BCUT2D eigenvalue weighted by atomic mass is 10.2. The van der Waals surface area contributed by atoms with Gasteiger partial charge in [0.15, 0.2) is 6.54 Å². The number of methoxy groups -OCH3 is 1. The summed E-state index contributed by atoms with van der Waals surface area (Å²) >= 11 is 6.08. The van der Waals surface area contributed by atoms with Gasteiger partial charge in [0.05, 0.1) is 19.3 Å². The van der Waals surface area contributed by atoms with Gasteiger partial charge in [-0.25, -0.2) is 4.79 Å². The summed E-state index contributed by atoms with van der Waals surface area (Å²) in [5, 5.41) is 4.12. The van der Waals surface area contributed by atoms with Gasteiger partial charge in [0, 0.05) is 15.9 Å². The summed E-state index contributed by atoms with van der Waals surface area (Å²) in [7, 11) is 1.31. The number of anilines is 1. The van der Waals surface area contributed by atoms with E-state index in [1.165, 1.54) is 12.0 Å². The number of ether oxygens (including phenoxy) is 1. The van der Waals surface area contributed by atoms with E-state index in [0.717, 1.165) is 38.2 Å². The Morgan fingerprint density at radius 1 is 1.23 bits per heavy atom. The molecule has 3 rings (SSSR count). The molecule has 0 saturated carbocycles. The number of H-pyrrole nitrogens is 1. The fourth-order valence-electron chi connectivity index (χ4n) is 3.45. The van der Waals surface area contributed by atoms with Gasteiger partial charge in [-0.05, 0) is 25.1 Å². The number of halogens is 1. The first kappa shape index (κ1) is 18.7. The Balaban J connectivity index is 1.77. The highest BCUT2D eigenvalue weighted by molar-refractivity contribution is 6.31. The summed E-state index contributed by atoms with van der Waals surface area (Å²) in [6.07, 6.45) is 0. The largest absolute Gasteiger partial charge is 0.464 e. The van der Waals surface area contributed by atoms with E-state index in [1.54, 1.807) is 23.1 Å². The van der Waals surface area contributed by atoms with Crippen LogP contribution in [0.4, 0.5) is 5.69 Å². The lowest BCUT2D eigenvalue weighted by Crippen LogP contribution is -3.28. The first-order valence-corrected chi connectivity index (χ1v) is 9.26. The van der Waals surface area contributed by atoms with Crippen molar-refractivity contribution in [2.45, 2.75) is 6.92 Å². The van der Waals surface area contributed by atoms with E-state index in [0.29, 0.717) is 22.6 Å². The Labute approximate surface area is 157 Å². The summed E-state index contributed by atoms with van der Waals surface area (Å²) < 4.78 is 4.83. The molecule has 0 spiro atoms. The molecule has 0 radical (unpaired) electrons. The molecule has 4 N–H and O–H groups in total. The number of hydrogen-bond donors (Lipinski definition) is 4. The molecule has 26 heavy (non-hydrogen) atoms. The number of carbonyl (C=O) groups excluding carboxylic acids is 2. The minimum absolute atomic E-state index is 0.119. The summed E-state index contributed by atoms with van der Waals surface area (Å²) in [5.41, 5.74) is 1.38. The van der Waals surface area contributed by atoms with Gasteiger partial charge >= 0.3 is 5.97 Å². The minimum atomic E-state index is -0.528. The van der Waals surface area contributed by atoms with Crippen LogP contribution in [0.15, 0.2) is 18.2 Å². The molecule has 140 valence electrons. The Morgan fingerprint density at radius 3 is 2.58 bits per heavy atom. The number of esters is 1. The monoisotopic (exact) mass is 380 g/mol. The average Bonchev–Trinajstić information content (AvgIpc) is 2.99. The molecule has 1 amide bonds. The molecule has 0 bridgehead atoms. The number of likely N-dealkylation sites (N-methyl/N-ethyl adjacent to an activating group) is 1. The van der Waals surface area contributed by atoms with E-state index in [9.17, 15) is 9.59 Å². The lowest BCUT2D eigenvalue weighted by molar-refractivity contribution is -1.01. The Hall–Kier alpha value is -2.09. The number of aromatic nitrogens is 1. The van der Waals surface area contributed by atoms with Crippen LogP contribution in [0.1, 0.15) is 17.4 Å². The number of quaternary nitrogens is 2. The fourth-order valence-corrected chi connectivity index (χ4v) is 3.62. The van der Waals surface area contributed by atoms with Crippen LogP contribution in [0.5, 0.6) is 0 Å². The predicted octanol–water partition coefficient (Wildman–Crippen LogP) is -0.650. The number of aromatic amines is 1. The Bertz CT molecular complexity index is 812. The highest BCUT2D eigenvalue weighted by atomic mass is 35.5. The first-order valence-electron chi connectivity index (χ1n) is 8.88. The SMILES string of the molecule is CC[NH+]1CC[NH+](CC(=O)Nc2c(C(=O)OC)[nH]c3ccc(Cl)cc23)CC1. The van der Waals surface area contributed by atoms with Crippen LogP contribution in [0.25, 0.3) is 10.9 Å². The number of benzene rings is 1. The Morgan fingerprint density at radius 2 is 1.92 bits per heavy atom. The molecule has 7 nitrogen and oxygen atoms in total. The van der Waals surface area contributed by atoms with Crippen LogP contribution >= 0.6 is 11.6 Å². The Kier molecular flexibility index (Phi) is 5.80. The zero-order valence-electron chi connectivity index (χ0n) is 15.1. The molecule has 0 unspecified atom stereocenters. The van der Waals surface area contributed by atoms with Crippen molar-refractivity contribution < 1.29 is 24.1 Å². The van der Waals surface area contributed by atoms with Gasteiger partial charge in [-0.15, -0.1) is 0 Å². The molecule has 1 aromatic heterocycles. The van der Waals surface area contributed by atoms with Gasteiger partial charge in [-0.2, -0.15) is 0 Å². The molecule has 2 heterocycles. The van der Waals surface area contributed by atoms with E-state index in [2.05, 4.69) is 17.2 Å². The summed E-state index contributed by atoms with van der Waals surface area (Å²) in [5.74, 6) is -0.647. The zero-order chi connectivity index (χ0) is 18.7. The second-order valence-corrected chi connectivity index (χ2v) is 7.07. The van der Waals surface area contributed by atoms with Crippen molar-refractivity contribution in [1.82, 2.24) is 4.98 Å². The van der Waals surface area contributed by atoms with Gasteiger partial charge in [-0.1, -0.05) is 11.6 Å². The normalized spacial score (nSPS) is 20.1. The maximum absolute atomic E-state index is 12.6. The third-order valence-corrected chi connectivity index (χ3v) is 5.22. The van der Waals surface area contributed by atoms with Crippen molar-refractivity contribution >= 4 is 40.1 Å². The lowest BCUT2D eigenvalue weighted by Gasteiger charge is -2.28. The zero-order valence-corrected chi connectivity index (χ0v) is 15.8. The van der Waals surface area contributed by atoms with Crippen LogP contribution in [-0.4, -0.2) is 63.2 Å². The van der Waals surface area contributed by atoms with E-state index in [1.807, 2.05) is 0 Å². The van der Waals surface area contributed by atoms with Crippen molar-refractivity contribution in [2.75, 3.05) is 51.7 Å². The standard InChI is InChI=1S/C18H23ClN4O3/c1-3-22-6-8-23(9-7-22)11-15(24)21-16-13-10-12(19)4-5-14(13)20-17(16)18(25)26-2/h4-5,10,20H,3,6-9,11H2,1-2H3,(H,21,24)/p+2. The number of carbonyl (C=O) groups is 2. The molecular formula is C18H25ClN4O3+2. The summed E-state index contributed by atoms with van der Waals surface area (Å²) in [6.45, 7) is 7.79. The second-order valence-electron chi connectivity index (χ2n) is 6.63. The molecule has 1 saturated heterocycles. The molecule has 1 aromatic carbocycles. The number of piperazine rings is 1. The number of hydrogen-bond acceptors (Lipinski definition) is 3. The van der Waals surface area contributed by atoms with Crippen LogP contribution in [0.3, 0.4) is 0 Å². The quantitative estimate of drug-likeness (QED) is 0.520.